The molecule has 0 aliphatic carbocycles. The van der Waals surface area contributed by atoms with Gasteiger partial charge in [0.05, 0.1) is 22.4 Å². The molecule has 9 nitrogen and oxygen atoms in total. The molecule has 1 amide bonds. The maximum absolute atomic E-state index is 13.6. The van der Waals surface area contributed by atoms with Gasteiger partial charge in [0.2, 0.25) is 26.0 Å². The van der Waals surface area contributed by atoms with Crippen molar-refractivity contribution in [2.24, 2.45) is 5.92 Å². The summed E-state index contributed by atoms with van der Waals surface area (Å²) in [5.41, 5.74) is 2.57. The second kappa shape index (κ2) is 11.8. The van der Waals surface area contributed by atoms with E-state index >= 15 is 0 Å². The van der Waals surface area contributed by atoms with Crippen molar-refractivity contribution in [1.82, 2.24) is 8.61 Å². The van der Waals surface area contributed by atoms with Gasteiger partial charge in [-0.25, -0.2) is 16.8 Å². The normalized spacial score (nSPS) is 19.6. The molecule has 208 valence electrons. The van der Waals surface area contributed by atoms with Gasteiger partial charge in [0.15, 0.2) is 0 Å². The Kier molecular flexibility index (Phi) is 8.93. The third-order valence-electron chi connectivity index (χ3n) is 7.10. The molecule has 0 radical (unpaired) electrons. The summed E-state index contributed by atoms with van der Waals surface area (Å²) in [5, 5.41) is 2.80. The highest BCUT2D eigenvalue weighted by atomic mass is 32.2. The van der Waals surface area contributed by atoms with Gasteiger partial charge in [-0.2, -0.15) is 8.61 Å². The van der Waals surface area contributed by atoms with Crippen LogP contribution in [0.3, 0.4) is 0 Å². The number of carbonyl (C=O) groups excluding carboxylic acids is 1. The molecule has 0 bridgehead atoms. The fourth-order valence-corrected chi connectivity index (χ4v) is 7.88. The highest BCUT2D eigenvalue weighted by molar-refractivity contribution is 7.89. The number of sulfonamides is 2. The molecule has 2 aliphatic rings. The van der Waals surface area contributed by atoms with Crippen molar-refractivity contribution >= 4 is 31.6 Å². The molecule has 2 heterocycles. The monoisotopic (exact) mass is 563 g/mol. The average molecular weight is 564 g/mol. The van der Waals surface area contributed by atoms with Gasteiger partial charge in [-0.05, 0) is 93.0 Å². The van der Waals surface area contributed by atoms with Gasteiger partial charge < -0.3 is 10.1 Å². The second-order valence-corrected chi connectivity index (χ2v) is 14.3. The van der Waals surface area contributed by atoms with E-state index in [1.54, 1.807) is 0 Å². The second-order valence-electron chi connectivity index (χ2n) is 10.4. The molecular weight excluding hydrogens is 526 g/mol. The minimum Gasteiger partial charge on any atom is -0.377 e. The maximum Gasteiger partial charge on any atom is 0.243 e. The van der Waals surface area contributed by atoms with E-state index in [1.165, 1.54) is 28.6 Å². The Morgan fingerprint density at radius 1 is 0.974 bits per heavy atom. The molecule has 1 atom stereocenters. The fourth-order valence-electron chi connectivity index (χ4n) is 4.98. The van der Waals surface area contributed by atoms with Crippen molar-refractivity contribution in [3.8, 4) is 0 Å². The van der Waals surface area contributed by atoms with Crippen LogP contribution in [0, 0.1) is 19.8 Å². The van der Waals surface area contributed by atoms with E-state index in [-0.39, 0.29) is 29.0 Å². The van der Waals surface area contributed by atoms with Gasteiger partial charge in [-0.15, -0.1) is 0 Å². The molecule has 2 aromatic rings. The molecule has 1 N–H and O–H groups in total. The minimum atomic E-state index is -4.10. The first-order valence-electron chi connectivity index (χ1n) is 13.1. The number of anilines is 1. The number of piperidine rings is 1. The van der Waals surface area contributed by atoms with Crippen LogP contribution < -0.4 is 5.32 Å². The Balaban J connectivity index is 1.54. The summed E-state index contributed by atoms with van der Waals surface area (Å²) in [4.78, 5) is 12.9. The largest absolute Gasteiger partial charge is 0.377 e. The number of nitrogens with one attached hydrogen (secondary N) is 1. The van der Waals surface area contributed by atoms with Crippen LogP contribution in [0.1, 0.15) is 43.7 Å². The molecular formula is C27H37N3O6S2. The van der Waals surface area contributed by atoms with Crippen LogP contribution in [0.25, 0.3) is 0 Å². The zero-order valence-corrected chi connectivity index (χ0v) is 23.9. The number of ether oxygens (including phenoxy) is 1. The summed E-state index contributed by atoms with van der Waals surface area (Å²) in [6.07, 6.45) is 2.83. The molecule has 4 rings (SSSR count). The van der Waals surface area contributed by atoms with E-state index in [2.05, 4.69) is 12.2 Å². The van der Waals surface area contributed by atoms with E-state index in [0.29, 0.717) is 37.7 Å². The van der Waals surface area contributed by atoms with Gasteiger partial charge in [0.1, 0.15) is 0 Å². The molecule has 0 spiro atoms. The standard InChI is InChI=1S/C27H37N3O6S2/c1-20-10-12-29(13-11-20)37(32,33)25-6-8-26(9-7-25)38(34,35)30(18-24-5-4-14-36-24)19-27(31)28-23-16-21(2)15-22(3)17-23/h6-9,15-17,20,24H,4-5,10-14,18-19H2,1-3H3,(H,28,31)/t24-/m0/s1. The molecule has 11 heteroatoms. The number of hydrogen-bond acceptors (Lipinski definition) is 6. The summed E-state index contributed by atoms with van der Waals surface area (Å²) in [5.74, 6) is 0.0195. The Labute approximate surface area is 226 Å². The zero-order chi connectivity index (χ0) is 27.5. The van der Waals surface area contributed by atoms with Crippen LogP contribution in [0.15, 0.2) is 52.3 Å². The van der Waals surface area contributed by atoms with Crippen molar-refractivity contribution in [1.29, 1.82) is 0 Å². The van der Waals surface area contributed by atoms with Gasteiger partial charge in [0.25, 0.3) is 0 Å². The van der Waals surface area contributed by atoms with Gasteiger partial charge in [-0.3, -0.25) is 4.79 Å². The summed E-state index contributed by atoms with van der Waals surface area (Å²) in [7, 11) is -7.81. The first-order valence-corrected chi connectivity index (χ1v) is 15.9. The van der Waals surface area contributed by atoms with Crippen LogP contribution in [0.4, 0.5) is 5.69 Å². The SMILES string of the molecule is Cc1cc(C)cc(NC(=O)CN(C[C@@H]2CCCO2)S(=O)(=O)c2ccc(S(=O)(=O)N3CCC(C)CC3)cc2)c1. The Bertz CT molecular complexity index is 1330. The molecule has 38 heavy (non-hydrogen) atoms. The zero-order valence-electron chi connectivity index (χ0n) is 22.2. The topological polar surface area (TPSA) is 113 Å². The highest BCUT2D eigenvalue weighted by Crippen LogP contribution is 2.26. The quantitative estimate of drug-likeness (QED) is 0.500. The predicted molar refractivity (Wildman–Crippen MR) is 146 cm³/mol. The van der Waals surface area contributed by atoms with Crippen molar-refractivity contribution in [3.63, 3.8) is 0 Å². The Hall–Kier alpha value is -2.31. The summed E-state index contributed by atoms with van der Waals surface area (Å²) < 4.78 is 61.7. The Morgan fingerprint density at radius 2 is 1.58 bits per heavy atom. The van der Waals surface area contributed by atoms with Crippen LogP contribution >= 0.6 is 0 Å². The van der Waals surface area contributed by atoms with Crippen molar-refractivity contribution in [2.75, 3.05) is 38.1 Å². The number of nitrogens with zero attached hydrogens (tertiary/aromatic N) is 2. The lowest BCUT2D eigenvalue weighted by molar-refractivity contribution is -0.116. The average Bonchev–Trinajstić information content (AvgIpc) is 3.36. The van der Waals surface area contributed by atoms with E-state index < -0.39 is 26.0 Å². The molecule has 0 aromatic heterocycles. The Morgan fingerprint density at radius 3 is 2.16 bits per heavy atom. The molecule has 2 aliphatic heterocycles. The van der Waals surface area contributed by atoms with Gasteiger partial charge >= 0.3 is 0 Å². The number of aryl methyl sites for hydroxylation is 2. The summed E-state index contributed by atoms with van der Waals surface area (Å²) in [6, 6.07) is 10.9. The first-order chi connectivity index (χ1) is 17.9. The predicted octanol–water partition coefficient (Wildman–Crippen LogP) is 3.53. The van der Waals surface area contributed by atoms with Crippen LogP contribution in [0.5, 0.6) is 0 Å². The van der Waals surface area contributed by atoms with Crippen LogP contribution in [-0.2, 0) is 29.6 Å². The fraction of sp³-hybridized carbons (Fsp3) is 0.519. The van der Waals surface area contributed by atoms with E-state index in [4.69, 9.17) is 4.74 Å². The number of amides is 1. The lowest BCUT2D eigenvalue weighted by Crippen LogP contribution is -2.42. The first kappa shape index (κ1) is 28.7. The number of rotatable bonds is 9. The summed E-state index contributed by atoms with van der Waals surface area (Å²) in [6.45, 7) is 7.06. The smallest absolute Gasteiger partial charge is 0.243 e. The van der Waals surface area contributed by atoms with E-state index in [0.717, 1.165) is 34.7 Å². The number of benzene rings is 2. The van der Waals surface area contributed by atoms with Gasteiger partial charge in [0, 0.05) is 31.9 Å². The van der Waals surface area contributed by atoms with Crippen molar-refractivity contribution in [3.05, 3.63) is 53.6 Å². The van der Waals surface area contributed by atoms with Gasteiger partial charge in [-0.1, -0.05) is 13.0 Å². The van der Waals surface area contributed by atoms with E-state index in [1.807, 2.05) is 32.0 Å². The third kappa shape index (κ3) is 6.81. The van der Waals surface area contributed by atoms with Crippen LogP contribution in [-0.4, -0.2) is 70.2 Å². The number of hydrogen-bond donors (Lipinski definition) is 1. The minimum absolute atomic E-state index is 0.0363. The highest BCUT2D eigenvalue weighted by Gasteiger charge is 2.32. The van der Waals surface area contributed by atoms with Crippen LogP contribution in [0.2, 0.25) is 0 Å². The molecule has 2 aromatic carbocycles. The third-order valence-corrected chi connectivity index (χ3v) is 10.8. The molecule has 2 fully saturated rings. The maximum atomic E-state index is 13.6. The molecule has 2 saturated heterocycles. The lowest BCUT2D eigenvalue weighted by atomic mass is 10.0. The summed E-state index contributed by atoms with van der Waals surface area (Å²) >= 11 is 0. The van der Waals surface area contributed by atoms with Crippen molar-refractivity contribution < 1.29 is 26.4 Å². The van der Waals surface area contributed by atoms with E-state index in [9.17, 15) is 21.6 Å². The lowest BCUT2D eigenvalue weighted by Gasteiger charge is -2.29. The molecule has 0 unspecified atom stereocenters. The van der Waals surface area contributed by atoms with Crippen molar-refractivity contribution in [2.45, 2.75) is 62.3 Å². The molecule has 0 saturated carbocycles. The number of carbonyl (C=O) groups is 1.